The number of hydrogen-bond acceptors (Lipinski definition) is 3. The highest BCUT2D eigenvalue weighted by Gasteiger charge is 2.22. The minimum atomic E-state index is -0.968. The minimum absolute atomic E-state index is 0.152. The van der Waals surface area contributed by atoms with Crippen LogP contribution in [-0.2, 0) is 9.59 Å². The van der Waals surface area contributed by atoms with Gasteiger partial charge in [-0.1, -0.05) is 49.5 Å². The summed E-state index contributed by atoms with van der Waals surface area (Å²) in [5.41, 5.74) is 6.25. The number of aromatic nitrogens is 1. The predicted octanol–water partition coefficient (Wildman–Crippen LogP) is 6.40. The number of rotatable bonds is 4. The van der Waals surface area contributed by atoms with Gasteiger partial charge in [-0.2, -0.15) is 0 Å². The highest BCUT2D eigenvalue weighted by molar-refractivity contribution is 9.10. The SMILES string of the molecule is Cc1ccc(NC(=O)c2cc3cc(Br)ccc3n2NC(=O)C(=O)Nc2ccc(Br)cc2Cl)cc1C. The third-order valence-corrected chi connectivity index (χ3v) is 6.66. The molecule has 0 fully saturated rings. The zero-order valence-electron chi connectivity index (χ0n) is 18.6. The molecule has 3 aromatic carbocycles. The molecule has 1 heterocycles. The van der Waals surface area contributed by atoms with Crippen LogP contribution in [0.1, 0.15) is 21.6 Å². The van der Waals surface area contributed by atoms with E-state index < -0.39 is 17.7 Å². The van der Waals surface area contributed by atoms with E-state index in [1.165, 1.54) is 4.68 Å². The molecule has 0 aliphatic rings. The Morgan fingerprint density at radius 2 is 1.51 bits per heavy atom. The van der Waals surface area contributed by atoms with E-state index in [0.29, 0.717) is 16.6 Å². The van der Waals surface area contributed by atoms with Crippen LogP contribution in [0.2, 0.25) is 5.02 Å². The van der Waals surface area contributed by atoms with Crippen LogP contribution >= 0.6 is 43.5 Å². The summed E-state index contributed by atoms with van der Waals surface area (Å²) >= 11 is 12.8. The van der Waals surface area contributed by atoms with Gasteiger partial charge in [-0.25, -0.2) is 4.68 Å². The lowest BCUT2D eigenvalue weighted by molar-refractivity contribution is -0.133. The summed E-state index contributed by atoms with van der Waals surface area (Å²) in [6, 6.07) is 17.4. The standard InChI is InChI=1S/C25H19Br2ClN4O3/c1-13-3-6-18(9-14(13)2)29-23(33)22-11-15-10-16(26)5-8-21(15)32(22)31-25(35)24(34)30-20-7-4-17(27)12-19(20)28/h3-12H,1-2H3,(H,29,33)(H,30,34)(H,31,35). The molecular weight excluding hydrogens is 600 g/mol. The fourth-order valence-electron chi connectivity index (χ4n) is 3.41. The highest BCUT2D eigenvalue weighted by atomic mass is 79.9. The number of nitrogens with zero attached hydrogens (tertiary/aromatic N) is 1. The van der Waals surface area contributed by atoms with Crippen LogP contribution in [0, 0.1) is 13.8 Å². The molecule has 35 heavy (non-hydrogen) atoms. The van der Waals surface area contributed by atoms with E-state index >= 15 is 0 Å². The first-order chi connectivity index (χ1) is 16.6. The number of carbonyl (C=O) groups is 3. The molecule has 10 heteroatoms. The Morgan fingerprint density at radius 1 is 0.800 bits per heavy atom. The molecule has 0 aliphatic carbocycles. The van der Waals surface area contributed by atoms with Gasteiger partial charge in [0, 0.05) is 20.0 Å². The van der Waals surface area contributed by atoms with Gasteiger partial charge in [-0.3, -0.25) is 19.8 Å². The largest absolute Gasteiger partial charge is 0.328 e. The fraction of sp³-hybridized carbons (Fsp3) is 0.0800. The molecule has 178 valence electrons. The van der Waals surface area contributed by atoms with E-state index in [4.69, 9.17) is 11.6 Å². The molecule has 4 aromatic rings. The van der Waals surface area contributed by atoms with E-state index in [2.05, 4.69) is 47.9 Å². The van der Waals surface area contributed by atoms with Crippen LogP contribution in [0.25, 0.3) is 10.9 Å². The molecule has 4 rings (SSSR count). The Balaban J connectivity index is 1.63. The zero-order valence-corrected chi connectivity index (χ0v) is 22.5. The normalized spacial score (nSPS) is 10.8. The molecule has 0 atom stereocenters. The number of anilines is 2. The lowest BCUT2D eigenvalue weighted by Crippen LogP contribution is -2.36. The molecule has 0 bridgehead atoms. The Kier molecular flexibility index (Phi) is 7.30. The molecule has 0 saturated carbocycles. The molecule has 3 amide bonds. The Morgan fingerprint density at radius 3 is 2.23 bits per heavy atom. The van der Waals surface area contributed by atoms with Crippen molar-refractivity contribution in [2.24, 2.45) is 0 Å². The first-order valence-corrected chi connectivity index (χ1v) is 12.4. The van der Waals surface area contributed by atoms with Crippen molar-refractivity contribution in [1.29, 1.82) is 0 Å². The third kappa shape index (κ3) is 5.58. The minimum Gasteiger partial charge on any atom is -0.321 e. The van der Waals surface area contributed by atoms with Crippen molar-refractivity contribution in [3.63, 3.8) is 0 Å². The molecular formula is C25H19Br2ClN4O3. The van der Waals surface area contributed by atoms with E-state index in [1.807, 2.05) is 32.0 Å². The van der Waals surface area contributed by atoms with Crippen molar-refractivity contribution in [3.05, 3.63) is 91.5 Å². The van der Waals surface area contributed by atoms with Gasteiger partial charge in [-0.15, -0.1) is 0 Å². The average Bonchev–Trinajstić information content (AvgIpc) is 3.15. The van der Waals surface area contributed by atoms with Gasteiger partial charge >= 0.3 is 11.8 Å². The smallest absolute Gasteiger partial charge is 0.321 e. The quantitative estimate of drug-likeness (QED) is 0.231. The number of hydrogen-bond donors (Lipinski definition) is 3. The molecule has 0 aliphatic heterocycles. The summed E-state index contributed by atoms with van der Waals surface area (Å²) < 4.78 is 2.83. The number of nitrogens with one attached hydrogen (secondary N) is 3. The van der Waals surface area contributed by atoms with Gasteiger partial charge in [-0.05, 0) is 79.6 Å². The predicted molar refractivity (Wildman–Crippen MR) is 146 cm³/mol. The van der Waals surface area contributed by atoms with Crippen LogP contribution < -0.4 is 16.1 Å². The molecule has 3 N–H and O–H groups in total. The van der Waals surface area contributed by atoms with Crippen molar-refractivity contribution in [2.75, 3.05) is 16.1 Å². The molecule has 0 saturated heterocycles. The molecule has 1 aromatic heterocycles. The Bertz CT molecular complexity index is 1500. The number of halogens is 3. The molecule has 7 nitrogen and oxygen atoms in total. The van der Waals surface area contributed by atoms with Gasteiger partial charge < -0.3 is 10.6 Å². The van der Waals surface area contributed by atoms with Crippen LogP contribution in [0.15, 0.2) is 69.6 Å². The summed E-state index contributed by atoms with van der Waals surface area (Å²) in [6.07, 6.45) is 0. The van der Waals surface area contributed by atoms with Crippen molar-refractivity contribution < 1.29 is 14.4 Å². The third-order valence-electron chi connectivity index (χ3n) is 5.36. The monoisotopic (exact) mass is 616 g/mol. The lowest BCUT2D eigenvalue weighted by atomic mass is 10.1. The summed E-state index contributed by atoms with van der Waals surface area (Å²) in [5, 5.41) is 6.30. The first kappa shape index (κ1) is 25.0. The molecule has 0 unspecified atom stereocenters. The van der Waals surface area contributed by atoms with Gasteiger partial charge in [0.1, 0.15) is 5.69 Å². The summed E-state index contributed by atoms with van der Waals surface area (Å²) in [6.45, 7) is 3.94. The maximum Gasteiger partial charge on any atom is 0.328 e. The van der Waals surface area contributed by atoms with E-state index in [9.17, 15) is 14.4 Å². The summed E-state index contributed by atoms with van der Waals surface area (Å²) in [7, 11) is 0. The van der Waals surface area contributed by atoms with Crippen LogP contribution in [0.5, 0.6) is 0 Å². The number of fused-ring (bicyclic) bond motifs is 1. The topological polar surface area (TPSA) is 92.2 Å². The number of amides is 3. The maximum atomic E-state index is 13.2. The first-order valence-electron chi connectivity index (χ1n) is 10.4. The zero-order chi connectivity index (χ0) is 25.3. The van der Waals surface area contributed by atoms with Crippen molar-refractivity contribution in [1.82, 2.24) is 4.68 Å². The van der Waals surface area contributed by atoms with E-state index in [0.717, 1.165) is 20.1 Å². The fourth-order valence-corrected chi connectivity index (χ4v) is 4.51. The lowest BCUT2D eigenvalue weighted by Gasteiger charge is -2.13. The van der Waals surface area contributed by atoms with Gasteiger partial charge in [0.15, 0.2) is 0 Å². The van der Waals surface area contributed by atoms with Gasteiger partial charge in [0.05, 0.1) is 16.2 Å². The second kappa shape index (κ2) is 10.2. The van der Waals surface area contributed by atoms with Crippen LogP contribution in [0.4, 0.5) is 11.4 Å². The summed E-state index contributed by atoms with van der Waals surface area (Å²) in [4.78, 5) is 38.6. The Labute approximate surface area is 223 Å². The summed E-state index contributed by atoms with van der Waals surface area (Å²) in [5.74, 6) is -2.35. The number of aryl methyl sites for hydroxylation is 2. The maximum absolute atomic E-state index is 13.2. The van der Waals surface area contributed by atoms with Crippen molar-refractivity contribution in [2.45, 2.75) is 13.8 Å². The van der Waals surface area contributed by atoms with Crippen molar-refractivity contribution >= 4 is 83.5 Å². The van der Waals surface area contributed by atoms with Gasteiger partial charge in [0.2, 0.25) is 0 Å². The second-order valence-electron chi connectivity index (χ2n) is 7.84. The van der Waals surface area contributed by atoms with Crippen molar-refractivity contribution in [3.8, 4) is 0 Å². The molecule has 0 spiro atoms. The van der Waals surface area contributed by atoms with E-state index in [-0.39, 0.29) is 16.4 Å². The highest BCUT2D eigenvalue weighted by Crippen LogP contribution is 2.26. The number of carbonyl (C=O) groups excluding carboxylic acids is 3. The van der Waals surface area contributed by atoms with Gasteiger partial charge in [0.25, 0.3) is 5.91 Å². The Hall–Kier alpha value is -3.14. The molecule has 0 radical (unpaired) electrons. The number of benzene rings is 3. The van der Waals surface area contributed by atoms with Crippen LogP contribution in [0.3, 0.4) is 0 Å². The van der Waals surface area contributed by atoms with Crippen LogP contribution in [-0.4, -0.2) is 22.4 Å². The van der Waals surface area contributed by atoms with E-state index in [1.54, 1.807) is 42.5 Å². The second-order valence-corrected chi connectivity index (χ2v) is 10.1. The average molecular weight is 619 g/mol.